The number of furan rings is 1. The molecule has 0 saturated heterocycles. The molecule has 0 aliphatic rings. The lowest BCUT2D eigenvalue weighted by Gasteiger charge is -2.08. The van der Waals surface area contributed by atoms with Gasteiger partial charge in [0.15, 0.2) is 17.3 Å². The van der Waals surface area contributed by atoms with Gasteiger partial charge in [-0.25, -0.2) is 0 Å². The van der Waals surface area contributed by atoms with Gasteiger partial charge in [0.05, 0.1) is 12.7 Å². The average molecular weight is 719 g/mol. The van der Waals surface area contributed by atoms with E-state index in [-0.39, 0.29) is 41.8 Å². The maximum absolute atomic E-state index is 13.7. The number of benzene rings is 2. The predicted octanol–water partition coefficient (Wildman–Crippen LogP) is 5.97. The van der Waals surface area contributed by atoms with Crippen molar-refractivity contribution in [1.29, 1.82) is 0 Å². The second kappa shape index (κ2) is 12.7. The van der Waals surface area contributed by atoms with E-state index in [4.69, 9.17) is 14.9 Å². The Kier molecular flexibility index (Phi) is 10.00. The summed E-state index contributed by atoms with van der Waals surface area (Å²) < 4.78 is 12.4. The van der Waals surface area contributed by atoms with E-state index in [1.54, 1.807) is 12.1 Å². The molecule has 0 spiro atoms. The van der Waals surface area contributed by atoms with Gasteiger partial charge < -0.3 is 25.1 Å². The molecule has 0 aliphatic heterocycles. The number of esters is 1. The summed E-state index contributed by atoms with van der Waals surface area (Å²) in [5.41, 5.74) is 6.19. The van der Waals surface area contributed by atoms with Crippen LogP contribution in [0, 0.1) is 7.14 Å². The van der Waals surface area contributed by atoms with Crippen molar-refractivity contribution in [3.63, 3.8) is 0 Å². The van der Waals surface area contributed by atoms with Crippen LogP contribution in [-0.4, -0.2) is 27.9 Å². The smallest absolute Gasteiger partial charge is 0.311 e. The topological polar surface area (TPSA) is 140 Å². The van der Waals surface area contributed by atoms with Crippen molar-refractivity contribution in [2.24, 2.45) is 5.73 Å². The molecule has 1 amide bonds. The SMILES string of the molecule is CCCCC(=O)Oc1cc2oc(CCCCCC(N)=O)c(C(=O)c3cc(I)c(O)c(I)c3)c2cc1O. The summed E-state index contributed by atoms with van der Waals surface area (Å²) in [5.74, 6) is -0.903. The van der Waals surface area contributed by atoms with E-state index in [9.17, 15) is 24.6 Å². The molecule has 1 aromatic heterocycles. The minimum atomic E-state index is -0.461. The summed E-state index contributed by atoms with van der Waals surface area (Å²) >= 11 is 3.93. The van der Waals surface area contributed by atoms with Crippen LogP contribution in [0.5, 0.6) is 17.2 Å². The molecule has 0 radical (unpaired) electrons. The van der Waals surface area contributed by atoms with Crippen LogP contribution in [0.25, 0.3) is 11.0 Å². The highest BCUT2D eigenvalue weighted by atomic mass is 127. The number of ether oxygens (including phenoxy) is 1. The van der Waals surface area contributed by atoms with Gasteiger partial charge >= 0.3 is 5.97 Å². The molecule has 0 aliphatic carbocycles. The first-order valence-electron chi connectivity index (χ1n) is 11.6. The number of rotatable bonds is 12. The molecular weight excluding hydrogens is 692 g/mol. The number of nitrogens with two attached hydrogens (primary N) is 1. The van der Waals surface area contributed by atoms with Gasteiger partial charge in [0.2, 0.25) is 5.91 Å². The lowest BCUT2D eigenvalue weighted by Crippen LogP contribution is -2.09. The third-order valence-electron chi connectivity index (χ3n) is 5.63. The second-order valence-corrected chi connectivity index (χ2v) is 10.8. The summed E-state index contributed by atoms with van der Waals surface area (Å²) in [5, 5.41) is 21.1. The first kappa shape index (κ1) is 28.2. The van der Waals surface area contributed by atoms with Gasteiger partial charge in [0, 0.05) is 36.3 Å². The van der Waals surface area contributed by atoms with Gasteiger partial charge in [-0.05, 0) is 82.6 Å². The molecule has 1 heterocycles. The maximum atomic E-state index is 13.7. The molecule has 3 aromatic rings. The molecule has 192 valence electrons. The summed E-state index contributed by atoms with van der Waals surface area (Å²) in [7, 11) is 0. The van der Waals surface area contributed by atoms with Crippen molar-refractivity contribution in [2.75, 3.05) is 0 Å². The van der Waals surface area contributed by atoms with E-state index in [1.807, 2.05) is 52.1 Å². The Hall–Kier alpha value is -2.35. The van der Waals surface area contributed by atoms with Crippen LogP contribution in [0.3, 0.4) is 0 Å². The first-order valence-corrected chi connectivity index (χ1v) is 13.8. The van der Waals surface area contributed by atoms with Gasteiger partial charge in [0.25, 0.3) is 0 Å². The number of unbranched alkanes of at least 4 members (excludes halogenated alkanes) is 3. The highest BCUT2D eigenvalue weighted by molar-refractivity contribution is 14.1. The van der Waals surface area contributed by atoms with Crippen molar-refractivity contribution in [2.45, 2.75) is 58.3 Å². The molecule has 0 saturated carbocycles. The van der Waals surface area contributed by atoms with Crippen LogP contribution >= 0.6 is 45.2 Å². The number of hydrogen-bond acceptors (Lipinski definition) is 7. The van der Waals surface area contributed by atoms with Gasteiger partial charge in [-0.2, -0.15) is 0 Å². The number of phenols is 2. The molecule has 36 heavy (non-hydrogen) atoms. The van der Waals surface area contributed by atoms with Gasteiger partial charge in [-0.1, -0.05) is 19.8 Å². The highest BCUT2D eigenvalue weighted by Gasteiger charge is 2.25. The number of amides is 1. The predicted molar refractivity (Wildman–Crippen MR) is 151 cm³/mol. The number of carbonyl (C=O) groups is 3. The summed E-state index contributed by atoms with van der Waals surface area (Å²) in [6.45, 7) is 1.96. The third kappa shape index (κ3) is 6.90. The molecule has 0 unspecified atom stereocenters. The van der Waals surface area contributed by atoms with Gasteiger partial charge in [0.1, 0.15) is 17.1 Å². The minimum Gasteiger partial charge on any atom is -0.506 e. The van der Waals surface area contributed by atoms with Gasteiger partial charge in [-0.15, -0.1) is 0 Å². The average Bonchev–Trinajstić information content (AvgIpc) is 3.16. The first-order chi connectivity index (χ1) is 17.1. The maximum Gasteiger partial charge on any atom is 0.311 e. The van der Waals surface area contributed by atoms with Crippen LogP contribution in [0.2, 0.25) is 0 Å². The normalized spacial score (nSPS) is 11.1. The van der Waals surface area contributed by atoms with E-state index in [2.05, 4.69) is 0 Å². The largest absolute Gasteiger partial charge is 0.506 e. The minimum absolute atomic E-state index is 0.0295. The van der Waals surface area contributed by atoms with E-state index < -0.39 is 5.97 Å². The number of aromatic hydroxyl groups is 2. The van der Waals surface area contributed by atoms with E-state index in [0.717, 1.165) is 6.42 Å². The number of primary amides is 1. The molecule has 3 rings (SSSR count). The molecular formula is C26H27I2NO7. The zero-order valence-corrected chi connectivity index (χ0v) is 24.1. The van der Waals surface area contributed by atoms with Crippen molar-refractivity contribution >= 4 is 73.8 Å². The molecule has 8 nitrogen and oxygen atoms in total. The lowest BCUT2D eigenvalue weighted by molar-refractivity contribution is -0.134. The van der Waals surface area contributed by atoms with E-state index >= 15 is 0 Å². The van der Waals surface area contributed by atoms with Crippen LogP contribution in [0.4, 0.5) is 0 Å². The summed E-state index contributed by atoms with van der Waals surface area (Å²) in [4.78, 5) is 36.8. The number of ketones is 1. The standard InChI is InChI=1S/C26H27I2NO7/c1-2-3-9-23(32)36-21-13-20-15(12-18(21)30)24(19(35-20)7-5-4-6-8-22(29)31)25(33)14-10-16(27)26(34)17(28)11-14/h10-13,30,34H,2-9H2,1H3,(H2,29,31). The molecule has 0 atom stereocenters. The Morgan fingerprint density at radius 1 is 0.972 bits per heavy atom. The Morgan fingerprint density at radius 3 is 2.31 bits per heavy atom. The zero-order chi connectivity index (χ0) is 26.4. The Morgan fingerprint density at radius 2 is 1.67 bits per heavy atom. The number of aryl methyl sites for hydroxylation is 1. The number of hydrogen-bond donors (Lipinski definition) is 3. The van der Waals surface area contributed by atoms with Crippen molar-refractivity contribution in [1.82, 2.24) is 0 Å². The van der Waals surface area contributed by atoms with E-state index in [1.165, 1.54) is 12.1 Å². The summed E-state index contributed by atoms with van der Waals surface area (Å²) in [6.07, 6.45) is 4.45. The van der Waals surface area contributed by atoms with Crippen LogP contribution in [0.15, 0.2) is 28.7 Å². The molecule has 10 heteroatoms. The van der Waals surface area contributed by atoms with Crippen LogP contribution in [0.1, 0.15) is 73.6 Å². The lowest BCUT2D eigenvalue weighted by atomic mass is 9.97. The van der Waals surface area contributed by atoms with Crippen molar-refractivity contribution in [3.05, 3.63) is 48.3 Å². The molecule has 0 fully saturated rings. The Bertz CT molecular complexity index is 1280. The van der Waals surface area contributed by atoms with Crippen molar-refractivity contribution < 1.29 is 33.8 Å². The fourth-order valence-electron chi connectivity index (χ4n) is 3.77. The Labute approximate surface area is 235 Å². The number of carbonyl (C=O) groups excluding carboxylic acids is 3. The van der Waals surface area contributed by atoms with Crippen molar-refractivity contribution in [3.8, 4) is 17.2 Å². The molecule has 0 bridgehead atoms. The Balaban J connectivity index is 2.00. The monoisotopic (exact) mass is 719 g/mol. The third-order valence-corrected chi connectivity index (χ3v) is 7.28. The van der Waals surface area contributed by atoms with E-state index in [0.29, 0.717) is 67.1 Å². The molecule has 2 aromatic carbocycles. The fraction of sp³-hybridized carbons (Fsp3) is 0.346. The highest BCUT2D eigenvalue weighted by Crippen LogP contribution is 2.38. The quantitative estimate of drug-likeness (QED) is 0.0690. The zero-order valence-electron chi connectivity index (χ0n) is 19.7. The molecule has 4 N–H and O–H groups in total. The fourth-order valence-corrected chi connectivity index (χ4v) is 5.54. The number of halogens is 2. The van der Waals surface area contributed by atoms with Gasteiger partial charge in [-0.3, -0.25) is 14.4 Å². The van der Waals surface area contributed by atoms with Crippen LogP contribution < -0.4 is 10.5 Å². The van der Waals surface area contributed by atoms with Crippen LogP contribution in [-0.2, 0) is 16.0 Å². The summed E-state index contributed by atoms with van der Waals surface area (Å²) in [6, 6.07) is 5.99. The number of phenolic OH excluding ortho intramolecular Hbond substituents is 2. The number of fused-ring (bicyclic) bond motifs is 1. The second-order valence-electron chi connectivity index (χ2n) is 8.44.